The summed E-state index contributed by atoms with van der Waals surface area (Å²) in [6.45, 7) is 0.279. The van der Waals surface area contributed by atoms with E-state index in [0.29, 0.717) is 17.4 Å². The molecule has 0 atom stereocenters. The van der Waals surface area contributed by atoms with Gasteiger partial charge in [0, 0.05) is 12.8 Å². The smallest absolute Gasteiger partial charge is 0.327 e. The summed E-state index contributed by atoms with van der Waals surface area (Å²) in [5.74, 6) is 1.81. The highest BCUT2D eigenvalue weighted by atomic mass is 32.2. The van der Waals surface area contributed by atoms with Crippen molar-refractivity contribution in [3.8, 4) is 0 Å². The molecule has 0 unspecified atom stereocenters. The van der Waals surface area contributed by atoms with E-state index in [1.165, 1.54) is 25.1 Å². The summed E-state index contributed by atoms with van der Waals surface area (Å²) in [6, 6.07) is 0. The Hall–Kier alpha value is -1.06. The lowest BCUT2D eigenvalue weighted by Gasteiger charge is -2.01. The van der Waals surface area contributed by atoms with Gasteiger partial charge in [-0.15, -0.1) is 0 Å². The fraction of sp³-hybridized carbons (Fsp3) is 0.500. The lowest BCUT2D eigenvalue weighted by Crippen LogP contribution is -2.28. The summed E-state index contributed by atoms with van der Waals surface area (Å²) in [6.07, 6.45) is 3.05. The molecule has 7 nitrogen and oxygen atoms in total. The van der Waals surface area contributed by atoms with E-state index in [1.807, 2.05) is 0 Å². The van der Waals surface area contributed by atoms with Gasteiger partial charge in [0.2, 0.25) is 11.1 Å². The highest BCUT2D eigenvalue weighted by Gasteiger charge is 2.12. The highest BCUT2D eigenvalue weighted by Crippen LogP contribution is 2.09. The van der Waals surface area contributed by atoms with E-state index < -0.39 is 15.3 Å². The molecule has 0 saturated heterocycles. The molecule has 2 N–H and O–H groups in total. The number of hydrogen-bond donors (Lipinski definition) is 2. The van der Waals surface area contributed by atoms with Gasteiger partial charge in [0.15, 0.2) is 0 Å². The van der Waals surface area contributed by atoms with E-state index in [2.05, 4.69) is 15.3 Å². The molecule has 1 heterocycles. The summed E-state index contributed by atoms with van der Waals surface area (Å²) >= 11 is 1.51. The Labute approximate surface area is 103 Å². The van der Waals surface area contributed by atoms with Crippen molar-refractivity contribution in [1.29, 1.82) is 0 Å². The van der Waals surface area contributed by atoms with Crippen LogP contribution in [0.1, 0.15) is 5.89 Å². The van der Waals surface area contributed by atoms with E-state index in [-0.39, 0.29) is 6.54 Å². The van der Waals surface area contributed by atoms with Crippen LogP contribution in [0.25, 0.3) is 0 Å². The molecule has 1 aromatic heterocycles. The van der Waals surface area contributed by atoms with Crippen molar-refractivity contribution in [2.45, 2.75) is 5.75 Å². The zero-order valence-electron chi connectivity index (χ0n) is 9.16. The predicted molar refractivity (Wildman–Crippen MR) is 65.6 cm³/mol. The van der Waals surface area contributed by atoms with Crippen molar-refractivity contribution in [3.63, 3.8) is 0 Å². The number of hydrogen-bond acceptors (Lipinski definition) is 6. The molecular weight excluding hydrogens is 266 g/mol. The van der Waals surface area contributed by atoms with Gasteiger partial charge in [-0.2, -0.15) is 20.2 Å². The molecule has 0 aliphatic rings. The first-order valence-electron chi connectivity index (χ1n) is 4.70. The first-order chi connectivity index (χ1) is 8.04. The van der Waals surface area contributed by atoms with Crippen molar-refractivity contribution in [3.05, 3.63) is 18.4 Å². The van der Waals surface area contributed by atoms with Crippen LogP contribution in [0.3, 0.4) is 0 Å². The van der Waals surface area contributed by atoms with Crippen molar-refractivity contribution < 1.29 is 17.4 Å². The number of amidine groups is 1. The summed E-state index contributed by atoms with van der Waals surface area (Å²) in [5.41, 5.74) is 0. The third-order valence-electron chi connectivity index (χ3n) is 1.66. The molecule has 0 amide bonds. The molecule has 1 rings (SSSR count). The second kappa shape index (κ2) is 6.62. The molecule has 0 fully saturated rings. The van der Waals surface area contributed by atoms with Gasteiger partial charge in [0.25, 0.3) is 0 Å². The molecule has 9 heteroatoms. The standard InChI is InChI=1S/C8H13N3O4S2/c1-9-8(17(12,13)14)11-3-5-16-6-7-10-2-4-15-7/h2,4H,3,5-6H2,1H3,(H,9,11)(H,12,13,14). The second-order valence-corrected chi connectivity index (χ2v) is 5.33. The maximum Gasteiger partial charge on any atom is 0.327 e. The maximum atomic E-state index is 10.7. The lowest BCUT2D eigenvalue weighted by molar-refractivity contribution is 0.496. The highest BCUT2D eigenvalue weighted by molar-refractivity contribution is 8.01. The summed E-state index contributed by atoms with van der Waals surface area (Å²) in [4.78, 5) is 7.66. The molecule has 0 saturated carbocycles. The quantitative estimate of drug-likeness (QED) is 0.347. The van der Waals surface area contributed by atoms with Crippen molar-refractivity contribution >= 4 is 27.0 Å². The van der Waals surface area contributed by atoms with Crippen LogP contribution in [0.2, 0.25) is 0 Å². The number of aliphatic imine (C=N–C) groups is 1. The Morgan fingerprint density at radius 2 is 2.47 bits per heavy atom. The molecule has 1 aromatic rings. The van der Waals surface area contributed by atoms with Crippen LogP contribution in [0, 0.1) is 0 Å². The number of thioether (sulfide) groups is 1. The molecule has 96 valence electrons. The fourth-order valence-corrected chi connectivity index (χ4v) is 2.18. The average Bonchev–Trinajstić information content (AvgIpc) is 2.74. The maximum absolute atomic E-state index is 10.7. The van der Waals surface area contributed by atoms with E-state index in [0.717, 1.165) is 0 Å². The predicted octanol–water partition coefficient (Wildman–Crippen LogP) is 0.371. The van der Waals surface area contributed by atoms with Crippen LogP contribution in [0.5, 0.6) is 0 Å². The Morgan fingerprint density at radius 3 is 3.00 bits per heavy atom. The molecule has 17 heavy (non-hydrogen) atoms. The number of nitrogens with one attached hydrogen (secondary N) is 1. The molecule has 0 aliphatic heterocycles. The third kappa shape index (κ3) is 5.20. The molecule has 0 aromatic carbocycles. The molecule has 0 aliphatic carbocycles. The third-order valence-corrected chi connectivity index (χ3v) is 3.40. The first kappa shape index (κ1) is 14.0. The monoisotopic (exact) mass is 279 g/mol. The Morgan fingerprint density at radius 1 is 1.71 bits per heavy atom. The summed E-state index contributed by atoms with van der Waals surface area (Å²) in [7, 11) is -2.87. The molecule has 0 radical (unpaired) electrons. The fourth-order valence-electron chi connectivity index (χ4n) is 0.985. The SMILES string of the molecule is CN/C(=N\CCSCc1ncco1)S(=O)(=O)O. The minimum atomic E-state index is -4.25. The van der Waals surface area contributed by atoms with Crippen molar-refractivity contribution in [1.82, 2.24) is 10.3 Å². The lowest BCUT2D eigenvalue weighted by atomic mass is 10.8. The summed E-state index contributed by atoms with van der Waals surface area (Å²) in [5, 5.41) is 1.90. The van der Waals surface area contributed by atoms with Crippen LogP contribution < -0.4 is 5.32 Å². The van der Waals surface area contributed by atoms with Crippen LogP contribution in [-0.4, -0.2) is 42.5 Å². The van der Waals surface area contributed by atoms with E-state index in [1.54, 1.807) is 6.20 Å². The first-order valence-corrected chi connectivity index (χ1v) is 7.29. The van der Waals surface area contributed by atoms with E-state index in [9.17, 15) is 8.42 Å². The molecular formula is C8H13N3O4S2. The van der Waals surface area contributed by atoms with Crippen LogP contribution in [0.4, 0.5) is 0 Å². The second-order valence-electron chi connectivity index (χ2n) is 2.89. The van der Waals surface area contributed by atoms with Crippen LogP contribution in [-0.2, 0) is 15.9 Å². The van der Waals surface area contributed by atoms with Crippen LogP contribution in [0.15, 0.2) is 21.9 Å². The van der Waals surface area contributed by atoms with Crippen LogP contribution >= 0.6 is 11.8 Å². The van der Waals surface area contributed by atoms with Gasteiger partial charge in [0.05, 0.1) is 18.5 Å². The van der Waals surface area contributed by atoms with Gasteiger partial charge in [-0.3, -0.25) is 9.55 Å². The van der Waals surface area contributed by atoms with Gasteiger partial charge in [-0.05, 0) is 0 Å². The number of aromatic nitrogens is 1. The minimum Gasteiger partial charge on any atom is -0.448 e. The average molecular weight is 279 g/mol. The van der Waals surface area contributed by atoms with Crippen molar-refractivity contribution in [2.75, 3.05) is 19.3 Å². The van der Waals surface area contributed by atoms with Gasteiger partial charge in [0.1, 0.15) is 6.26 Å². The van der Waals surface area contributed by atoms with Gasteiger partial charge in [-0.1, -0.05) is 0 Å². The normalized spacial score (nSPS) is 12.7. The minimum absolute atomic E-state index is 0.279. The topological polar surface area (TPSA) is 105 Å². The van der Waals surface area contributed by atoms with Gasteiger partial charge in [-0.25, -0.2) is 4.98 Å². The van der Waals surface area contributed by atoms with Gasteiger partial charge >= 0.3 is 10.1 Å². The van der Waals surface area contributed by atoms with E-state index >= 15 is 0 Å². The zero-order chi connectivity index (χ0) is 12.7. The van der Waals surface area contributed by atoms with Crippen molar-refractivity contribution in [2.24, 2.45) is 4.99 Å². The Bertz CT molecular complexity index is 455. The zero-order valence-corrected chi connectivity index (χ0v) is 10.8. The number of nitrogens with zero attached hydrogens (tertiary/aromatic N) is 2. The van der Waals surface area contributed by atoms with Gasteiger partial charge < -0.3 is 9.73 Å². The number of oxazole rings is 1. The Balaban J connectivity index is 2.29. The molecule has 0 bridgehead atoms. The largest absolute Gasteiger partial charge is 0.448 e. The summed E-state index contributed by atoms with van der Waals surface area (Å²) < 4.78 is 35.2. The van der Waals surface area contributed by atoms with E-state index in [4.69, 9.17) is 8.97 Å². The number of rotatable bonds is 5. The molecule has 0 spiro atoms. The Kier molecular flexibility index (Phi) is 5.45.